The number of benzene rings is 1. The van der Waals surface area contributed by atoms with E-state index < -0.39 is 6.36 Å². The Morgan fingerprint density at radius 1 is 1.25 bits per heavy atom. The van der Waals surface area contributed by atoms with Crippen molar-refractivity contribution in [3.63, 3.8) is 0 Å². The van der Waals surface area contributed by atoms with E-state index in [1.165, 1.54) is 12.1 Å². The molecule has 0 aromatic heterocycles. The zero-order valence-electron chi connectivity index (χ0n) is 16.6. The summed E-state index contributed by atoms with van der Waals surface area (Å²) < 4.78 is 41.7. The van der Waals surface area contributed by atoms with E-state index in [2.05, 4.69) is 39.1 Å². The fourth-order valence-electron chi connectivity index (χ4n) is 3.10. The van der Waals surface area contributed by atoms with Gasteiger partial charge in [0.25, 0.3) is 0 Å². The highest BCUT2D eigenvalue weighted by Gasteiger charge is 2.32. The molecule has 1 aliphatic heterocycles. The Morgan fingerprint density at radius 3 is 2.46 bits per heavy atom. The lowest BCUT2D eigenvalue weighted by Crippen LogP contribution is -2.49. The first-order valence-electron chi connectivity index (χ1n) is 9.41. The number of para-hydroxylation sites is 1. The van der Waals surface area contributed by atoms with Gasteiger partial charge in [-0.3, -0.25) is 0 Å². The van der Waals surface area contributed by atoms with E-state index >= 15 is 0 Å². The molecular weight excluding hydrogens is 484 g/mol. The Balaban J connectivity index is 0.00000392. The van der Waals surface area contributed by atoms with Crippen LogP contribution in [0.1, 0.15) is 39.2 Å². The predicted molar refractivity (Wildman–Crippen MR) is 116 cm³/mol. The zero-order chi connectivity index (χ0) is 19.9. The summed E-state index contributed by atoms with van der Waals surface area (Å²) in [6.45, 7) is 9.18. The number of nitrogens with one attached hydrogen (secondary N) is 2. The number of piperidine rings is 1. The number of rotatable bonds is 6. The van der Waals surface area contributed by atoms with Gasteiger partial charge in [-0.25, -0.2) is 4.99 Å². The van der Waals surface area contributed by atoms with Crippen LogP contribution in [-0.2, 0) is 6.54 Å². The first kappa shape index (κ1) is 24.8. The number of hydrogen-bond acceptors (Lipinski definition) is 3. The van der Waals surface area contributed by atoms with Crippen LogP contribution in [0.2, 0.25) is 0 Å². The number of alkyl halides is 3. The second kappa shape index (κ2) is 11.7. The molecule has 9 heteroatoms. The molecule has 0 spiro atoms. The van der Waals surface area contributed by atoms with Crippen molar-refractivity contribution in [1.29, 1.82) is 0 Å². The van der Waals surface area contributed by atoms with Gasteiger partial charge in [0.2, 0.25) is 0 Å². The van der Waals surface area contributed by atoms with Gasteiger partial charge in [-0.2, -0.15) is 0 Å². The quantitative estimate of drug-likeness (QED) is 0.341. The fourth-order valence-corrected chi connectivity index (χ4v) is 3.10. The van der Waals surface area contributed by atoms with E-state index in [0.29, 0.717) is 30.2 Å². The van der Waals surface area contributed by atoms with E-state index in [9.17, 15) is 13.2 Å². The summed E-state index contributed by atoms with van der Waals surface area (Å²) in [6.07, 6.45) is -2.69. The van der Waals surface area contributed by atoms with Gasteiger partial charge in [-0.05, 0) is 39.7 Å². The van der Waals surface area contributed by atoms with E-state index in [0.717, 1.165) is 25.9 Å². The number of nitrogens with zero attached hydrogens (tertiary/aromatic N) is 2. The molecule has 1 aromatic carbocycles. The van der Waals surface area contributed by atoms with Crippen LogP contribution in [0.15, 0.2) is 29.3 Å². The molecule has 0 amide bonds. The van der Waals surface area contributed by atoms with E-state index in [-0.39, 0.29) is 36.3 Å². The molecule has 160 valence electrons. The summed E-state index contributed by atoms with van der Waals surface area (Å²) in [6, 6.07) is 6.93. The smallest absolute Gasteiger partial charge is 0.405 e. The van der Waals surface area contributed by atoms with Gasteiger partial charge in [0.05, 0.1) is 6.54 Å². The average Bonchev–Trinajstić information content (AvgIpc) is 2.60. The van der Waals surface area contributed by atoms with Gasteiger partial charge < -0.3 is 20.3 Å². The van der Waals surface area contributed by atoms with E-state index in [1.54, 1.807) is 12.1 Å². The maximum atomic E-state index is 12.6. The third kappa shape index (κ3) is 8.42. The Bertz CT molecular complexity index is 617. The highest BCUT2D eigenvalue weighted by Crippen LogP contribution is 2.26. The molecule has 0 unspecified atom stereocenters. The minimum Gasteiger partial charge on any atom is -0.405 e. The molecule has 0 radical (unpaired) electrons. The monoisotopic (exact) mass is 514 g/mol. The van der Waals surface area contributed by atoms with Crippen molar-refractivity contribution in [2.24, 2.45) is 4.99 Å². The Hall–Kier alpha value is -1.23. The van der Waals surface area contributed by atoms with Crippen molar-refractivity contribution in [3.8, 4) is 5.75 Å². The number of hydrogen-bond donors (Lipinski definition) is 2. The number of ether oxygens (including phenoxy) is 1. The standard InChI is InChI=1S/C19H29F3N4O.HI/c1-4-23-18(25-16-9-11-26(12-10-16)14(2)3)24-13-15-7-5-6-8-17(15)27-19(20,21)22;/h5-8,14,16H,4,9-13H2,1-3H3,(H2,23,24,25);1H. The molecular formula is C19H30F3IN4O. The highest BCUT2D eigenvalue weighted by atomic mass is 127. The van der Waals surface area contributed by atoms with Gasteiger partial charge in [0, 0.05) is 37.3 Å². The Labute approximate surface area is 182 Å². The first-order chi connectivity index (χ1) is 12.8. The molecule has 0 saturated carbocycles. The van der Waals surface area contributed by atoms with Crippen LogP contribution < -0.4 is 15.4 Å². The second-order valence-electron chi connectivity index (χ2n) is 6.90. The maximum absolute atomic E-state index is 12.6. The minimum absolute atomic E-state index is 0. The average molecular weight is 514 g/mol. The van der Waals surface area contributed by atoms with Crippen LogP contribution in [0.25, 0.3) is 0 Å². The van der Waals surface area contributed by atoms with E-state index in [4.69, 9.17) is 0 Å². The Morgan fingerprint density at radius 2 is 1.89 bits per heavy atom. The summed E-state index contributed by atoms with van der Waals surface area (Å²) in [5.41, 5.74) is 0.390. The molecule has 1 heterocycles. The van der Waals surface area contributed by atoms with Gasteiger partial charge in [0.15, 0.2) is 5.96 Å². The van der Waals surface area contributed by atoms with Gasteiger partial charge >= 0.3 is 6.36 Å². The van der Waals surface area contributed by atoms with Crippen molar-refractivity contribution in [2.75, 3.05) is 19.6 Å². The lowest BCUT2D eigenvalue weighted by Gasteiger charge is -2.35. The second-order valence-corrected chi connectivity index (χ2v) is 6.90. The third-order valence-corrected chi connectivity index (χ3v) is 4.55. The highest BCUT2D eigenvalue weighted by molar-refractivity contribution is 14.0. The number of guanidine groups is 1. The van der Waals surface area contributed by atoms with Crippen LogP contribution in [0.5, 0.6) is 5.75 Å². The molecule has 0 aliphatic carbocycles. The molecule has 1 saturated heterocycles. The van der Waals surface area contributed by atoms with Crippen LogP contribution in [0, 0.1) is 0 Å². The molecule has 28 heavy (non-hydrogen) atoms. The fraction of sp³-hybridized carbons (Fsp3) is 0.632. The summed E-state index contributed by atoms with van der Waals surface area (Å²) in [5.74, 6) is 0.400. The summed E-state index contributed by atoms with van der Waals surface area (Å²) >= 11 is 0. The van der Waals surface area contributed by atoms with Crippen molar-refractivity contribution in [2.45, 2.75) is 58.6 Å². The SMILES string of the molecule is CCNC(=NCc1ccccc1OC(F)(F)F)NC1CCN(C(C)C)CC1.I. The minimum atomic E-state index is -4.72. The van der Waals surface area contributed by atoms with Gasteiger partial charge in [-0.15, -0.1) is 37.1 Å². The van der Waals surface area contributed by atoms with Crippen molar-refractivity contribution in [1.82, 2.24) is 15.5 Å². The van der Waals surface area contributed by atoms with Crippen molar-refractivity contribution < 1.29 is 17.9 Å². The summed E-state index contributed by atoms with van der Waals surface area (Å²) in [4.78, 5) is 6.89. The molecule has 1 aliphatic rings. The first-order valence-corrected chi connectivity index (χ1v) is 9.41. The van der Waals surface area contributed by atoms with Crippen molar-refractivity contribution in [3.05, 3.63) is 29.8 Å². The lowest BCUT2D eigenvalue weighted by molar-refractivity contribution is -0.274. The van der Waals surface area contributed by atoms with Crippen LogP contribution in [-0.4, -0.2) is 48.9 Å². The molecule has 1 fully saturated rings. The van der Waals surface area contributed by atoms with Crippen molar-refractivity contribution >= 4 is 29.9 Å². The zero-order valence-corrected chi connectivity index (χ0v) is 18.9. The summed E-state index contributed by atoms with van der Waals surface area (Å²) in [5, 5.41) is 6.57. The molecule has 5 nitrogen and oxygen atoms in total. The maximum Gasteiger partial charge on any atom is 0.573 e. The molecule has 0 atom stereocenters. The van der Waals surface area contributed by atoms with E-state index in [1.807, 2.05) is 6.92 Å². The topological polar surface area (TPSA) is 48.9 Å². The number of aliphatic imine (C=N–C) groups is 1. The molecule has 2 N–H and O–H groups in total. The normalized spacial score (nSPS) is 16.6. The molecule has 1 aromatic rings. The molecule has 2 rings (SSSR count). The third-order valence-electron chi connectivity index (χ3n) is 4.55. The lowest BCUT2D eigenvalue weighted by atomic mass is 10.0. The van der Waals surface area contributed by atoms with Crippen LogP contribution in [0.3, 0.4) is 0 Å². The number of likely N-dealkylation sites (tertiary alicyclic amines) is 1. The number of halogens is 4. The van der Waals surface area contributed by atoms with Crippen LogP contribution >= 0.6 is 24.0 Å². The van der Waals surface area contributed by atoms with Crippen LogP contribution in [0.4, 0.5) is 13.2 Å². The Kier molecular flexibility index (Phi) is 10.4. The predicted octanol–water partition coefficient (Wildman–Crippen LogP) is 4.13. The van der Waals surface area contributed by atoms with Gasteiger partial charge in [-0.1, -0.05) is 18.2 Å². The van der Waals surface area contributed by atoms with Gasteiger partial charge in [0.1, 0.15) is 5.75 Å². The largest absolute Gasteiger partial charge is 0.573 e. The summed E-state index contributed by atoms with van der Waals surface area (Å²) in [7, 11) is 0. The molecule has 0 bridgehead atoms.